The van der Waals surface area contributed by atoms with E-state index in [0.29, 0.717) is 6.54 Å². The molecule has 0 heterocycles. The van der Waals surface area contributed by atoms with Gasteiger partial charge in [-0.2, -0.15) is 0 Å². The van der Waals surface area contributed by atoms with E-state index in [4.69, 9.17) is 4.84 Å². The number of para-hydroxylation sites is 1. The molecular formula is C10H14N2O2. The summed E-state index contributed by atoms with van der Waals surface area (Å²) in [5.74, 6) is 0. The maximum atomic E-state index is 11.5. The minimum absolute atomic E-state index is 0.263. The molecule has 4 nitrogen and oxygen atoms in total. The van der Waals surface area contributed by atoms with Crippen LogP contribution in [0.5, 0.6) is 0 Å². The van der Waals surface area contributed by atoms with Gasteiger partial charge in [-0.05, 0) is 19.1 Å². The second-order valence-electron chi connectivity index (χ2n) is 2.67. The Labute approximate surface area is 83.4 Å². The minimum Gasteiger partial charge on any atom is -0.306 e. The number of rotatable bonds is 3. The van der Waals surface area contributed by atoms with Crippen LogP contribution in [0.1, 0.15) is 6.92 Å². The average Bonchev–Trinajstić information content (AvgIpc) is 2.21. The lowest BCUT2D eigenvalue weighted by Crippen LogP contribution is -2.33. The van der Waals surface area contributed by atoms with Gasteiger partial charge in [-0.1, -0.05) is 18.2 Å². The summed E-state index contributed by atoms with van der Waals surface area (Å²) >= 11 is 0. The van der Waals surface area contributed by atoms with Crippen molar-refractivity contribution >= 4 is 11.7 Å². The number of nitrogens with one attached hydrogen (secondary N) is 1. The van der Waals surface area contributed by atoms with Gasteiger partial charge in [0.15, 0.2) is 0 Å². The largest absolute Gasteiger partial charge is 0.345 e. The molecule has 4 heteroatoms. The van der Waals surface area contributed by atoms with Gasteiger partial charge in [0.2, 0.25) is 0 Å². The molecule has 1 N–H and O–H groups in total. The summed E-state index contributed by atoms with van der Waals surface area (Å²) in [7, 11) is 1.47. The smallest absolute Gasteiger partial charge is 0.306 e. The first-order chi connectivity index (χ1) is 6.77. The Morgan fingerprint density at radius 3 is 2.57 bits per heavy atom. The fraction of sp³-hybridized carbons (Fsp3) is 0.300. The van der Waals surface area contributed by atoms with E-state index in [2.05, 4.69) is 5.32 Å². The Hall–Kier alpha value is -1.55. The highest BCUT2D eigenvalue weighted by molar-refractivity contribution is 5.88. The molecule has 76 valence electrons. The van der Waals surface area contributed by atoms with Crippen molar-refractivity contribution in [1.29, 1.82) is 0 Å². The third-order valence-electron chi connectivity index (χ3n) is 1.76. The molecule has 0 bridgehead atoms. The maximum Gasteiger partial charge on any atom is 0.345 e. The van der Waals surface area contributed by atoms with E-state index in [1.54, 1.807) is 0 Å². The number of carbonyl (C=O) groups excluding carboxylic acids is 1. The first kappa shape index (κ1) is 10.5. The van der Waals surface area contributed by atoms with Crippen molar-refractivity contribution in [2.24, 2.45) is 0 Å². The van der Waals surface area contributed by atoms with Gasteiger partial charge in [0.1, 0.15) is 0 Å². The Morgan fingerprint density at radius 2 is 2.07 bits per heavy atom. The molecule has 0 fully saturated rings. The second-order valence-corrected chi connectivity index (χ2v) is 2.67. The highest BCUT2D eigenvalue weighted by atomic mass is 16.7. The van der Waals surface area contributed by atoms with E-state index in [0.717, 1.165) is 5.69 Å². The van der Waals surface area contributed by atoms with Gasteiger partial charge >= 0.3 is 6.03 Å². The van der Waals surface area contributed by atoms with Crippen molar-refractivity contribution in [2.45, 2.75) is 6.92 Å². The second kappa shape index (κ2) is 5.24. The summed E-state index contributed by atoms with van der Waals surface area (Å²) in [5, 5.41) is 3.95. The Bertz CT molecular complexity index is 283. The molecule has 1 aromatic rings. The average molecular weight is 194 g/mol. The standard InChI is InChI=1S/C10H14N2O2/c1-3-12(14-2)10(13)11-9-7-5-4-6-8-9/h4-8H,3H2,1-2H3,(H,11,13). The van der Waals surface area contributed by atoms with Crippen molar-refractivity contribution in [3.05, 3.63) is 30.3 Å². The fourth-order valence-corrected chi connectivity index (χ4v) is 1.06. The van der Waals surface area contributed by atoms with Crippen LogP contribution in [0.2, 0.25) is 0 Å². The predicted molar refractivity (Wildman–Crippen MR) is 54.8 cm³/mol. The first-order valence-electron chi connectivity index (χ1n) is 4.45. The third-order valence-corrected chi connectivity index (χ3v) is 1.76. The van der Waals surface area contributed by atoms with Crippen LogP contribution in [0.15, 0.2) is 30.3 Å². The normalized spacial score (nSPS) is 9.57. The van der Waals surface area contributed by atoms with Gasteiger partial charge in [0.25, 0.3) is 0 Å². The SMILES string of the molecule is CCN(OC)C(=O)Nc1ccccc1. The Morgan fingerprint density at radius 1 is 1.43 bits per heavy atom. The summed E-state index contributed by atoms with van der Waals surface area (Å²) < 4.78 is 0. The molecule has 1 rings (SSSR count). The number of nitrogens with zero attached hydrogens (tertiary/aromatic N) is 1. The Balaban J connectivity index is 2.57. The lowest BCUT2D eigenvalue weighted by molar-refractivity contribution is -0.0775. The van der Waals surface area contributed by atoms with Gasteiger partial charge in [0, 0.05) is 12.2 Å². The molecule has 0 aliphatic heterocycles. The van der Waals surface area contributed by atoms with Crippen molar-refractivity contribution in [2.75, 3.05) is 19.0 Å². The number of urea groups is 1. The number of benzene rings is 1. The summed E-state index contributed by atoms with van der Waals surface area (Å²) in [6.07, 6.45) is 0. The molecule has 0 aliphatic carbocycles. The molecule has 0 unspecified atom stereocenters. The van der Waals surface area contributed by atoms with E-state index >= 15 is 0 Å². The molecule has 2 amide bonds. The summed E-state index contributed by atoms with van der Waals surface area (Å²) in [4.78, 5) is 16.3. The van der Waals surface area contributed by atoms with E-state index in [9.17, 15) is 4.79 Å². The number of hydroxylamine groups is 2. The quantitative estimate of drug-likeness (QED) is 0.749. The summed E-state index contributed by atoms with van der Waals surface area (Å²) in [6.45, 7) is 2.35. The monoisotopic (exact) mass is 194 g/mol. The molecule has 1 aromatic carbocycles. The van der Waals surface area contributed by atoms with Crippen molar-refractivity contribution < 1.29 is 9.63 Å². The van der Waals surface area contributed by atoms with Crippen LogP contribution in [-0.4, -0.2) is 24.7 Å². The fourth-order valence-electron chi connectivity index (χ4n) is 1.06. The molecular weight excluding hydrogens is 180 g/mol. The number of hydrogen-bond donors (Lipinski definition) is 1. The molecule has 0 atom stereocenters. The minimum atomic E-state index is -0.263. The molecule has 0 saturated heterocycles. The molecule has 0 spiro atoms. The predicted octanol–water partition coefficient (Wildman–Crippen LogP) is 2.10. The van der Waals surface area contributed by atoms with Gasteiger partial charge in [-0.15, -0.1) is 0 Å². The highest BCUT2D eigenvalue weighted by Gasteiger charge is 2.09. The topological polar surface area (TPSA) is 41.6 Å². The van der Waals surface area contributed by atoms with Crippen molar-refractivity contribution in [1.82, 2.24) is 5.06 Å². The number of amides is 2. The van der Waals surface area contributed by atoms with Crippen molar-refractivity contribution in [3.8, 4) is 0 Å². The summed E-state index contributed by atoms with van der Waals surface area (Å²) in [6, 6.07) is 8.99. The van der Waals surface area contributed by atoms with Crippen LogP contribution in [-0.2, 0) is 4.84 Å². The summed E-state index contributed by atoms with van der Waals surface area (Å²) in [5.41, 5.74) is 0.757. The van der Waals surface area contributed by atoms with Gasteiger partial charge in [0.05, 0.1) is 7.11 Å². The number of hydrogen-bond acceptors (Lipinski definition) is 2. The molecule has 14 heavy (non-hydrogen) atoms. The zero-order valence-electron chi connectivity index (χ0n) is 8.36. The number of anilines is 1. The van der Waals surface area contributed by atoms with Crippen molar-refractivity contribution in [3.63, 3.8) is 0 Å². The zero-order valence-corrected chi connectivity index (χ0v) is 8.36. The molecule has 0 radical (unpaired) electrons. The van der Waals surface area contributed by atoms with E-state index < -0.39 is 0 Å². The van der Waals surface area contributed by atoms with E-state index in [1.807, 2.05) is 37.3 Å². The molecule has 0 aliphatic rings. The van der Waals surface area contributed by atoms with Crippen LogP contribution < -0.4 is 5.32 Å². The highest BCUT2D eigenvalue weighted by Crippen LogP contribution is 2.06. The lowest BCUT2D eigenvalue weighted by Gasteiger charge is -2.17. The lowest BCUT2D eigenvalue weighted by atomic mass is 10.3. The van der Waals surface area contributed by atoms with Crippen LogP contribution in [0, 0.1) is 0 Å². The number of carbonyl (C=O) groups is 1. The van der Waals surface area contributed by atoms with Gasteiger partial charge in [-0.3, -0.25) is 4.84 Å². The Kier molecular flexibility index (Phi) is 3.94. The van der Waals surface area contributed by atoms with E-state index in [-0.39, 0.29) is 6.03 Å². The van der Waals surface area contributed by atoms with E-state index in [1.165, 1.54) is 12.2 Å². The van der Waals surface area contributed by atoms with Gasteiger partial charge in [-0.25, -0.2) is 9.86 Å². The van der Waals surface area contributed by atoms with Crippen LogP contribution in [0.3, 0.4) is 0 Å². The third kappa shape index (κ3) is 2.74. The van der Waals surface area contributed by atoms with Crippen LogP contribution in [0.4, 0.5) is 10.5 Å². The first-order valence-corrected chi connectivity index (χ1v) is 4.45. The van der Waals surface area contributed by atoms with Gasteiger partial charge < -0.3 is 5.32 Å². The zero-order chi connectivity index (χ0) is 10.4. The van der Waals surface area contributed by atoms with Crippen LogP contribution >= 0.6 is 0 Å². The molecule has 0 saturated carbocycles. The molecule has 0 aromatic heterocycles. The van der Waals surface area contributed by atoms with Crippen LogP contribution in [0.25, 0.3) is 0 Å². The maximum absolute atomic E-state index is 11.5.